The number of alkyl halides is 1. The predicted molar refractivity (Wildman–Crippen MR) is 59.9 cm³/mol. The lowest BCUT2D eigenvalue weighted by Crippen LogP contribution is -2.39. The molecule has 0 aromatic carbocycles. The quantitative estimate of drug-likeness (QED) is 0.666. The summed E-state index contributed by atoms with van der Waals surface area (Å²) >= 11 is 5.38. The lowest BCUT2D eigenvalue weighted by molar-refractivity contribution is 0.0693. The smallest absolute Gasteiger partial charge is 0.159 e. The predicted octanol–water partition coefficient (Wildman–Crippen LogP) is 1.18. The molecule has 5 heteroatoms. The molecule has 1 atom stereocenters. The molecule has 0 amide bonds. The van der Waals surface area contributed by atoms with Crippen LogP contribution in [0.25, 0.3) is 0 Å². The molecule has 0 radical (unpaired) electrons. The largest absolute Gasteiger partial charge is 0.378 e. The highest BCUT2D eigenvalue weighted by Gasteiger charge is 2.24. The monoisotopic (exact) mass is 264 g/mol. The van der Waals surface area contributed by atoms with E-state index in [-0.39, 0.29) is 0 Å². The topological polar surface area (TPSA) is 24.8 Å². The van der Waals surface area contributed by atoms with Crippen LogP contribution < -0.4 is 0 Å². The van der Waals surface area contributed by atoms with Gasteiger partial charge in [-0.2, -0.15) is 0 Å². The summed E-state index contributed by atoms with van der Waals surface area (Å²) in [5.74, 6) is 0. The van der Waals surface area contributed by atoms with E-state index in [0.717, 1.165) is 38.2 Å². The van der Waals surface area contributed by atoms with Crippen LogP contribution in [0.4, 0.5) is 0 Å². The molecule has 0 spiro atoms. The molecule has 1 fully saturated rings. The minimum Gasteiger partial charge on any atom is -0.378 e. The SMILES string of the molecule is BrCC1CN=C(N2CCOCC2)S1. The molecule has 1 unspecified atom stereocenters. The lowest BCUT2D eigenvalue weighted by atomic mass is 10.4. The van der Waals surface area contributed by atoms with Crippen molar-refractivity contribution >= 4 is 32.9 Å². The Kier molecular flexibility index (Phi) is 3.51. The van der Waals surface area contributed by atoms with E-state index in [2.05, 4.69) is 25.8 Å². The van der Waals surface area contributed by atoms with Gasteiger partial charge in [0.2, 0.25) is 0 Å². The molecular formula is C8H13BrN2OS. The number of ether oxygens (including phenoxy) is 1. The van der Waals surface area contributed by atoms with Crippen LogP contribution in [0.2, 0.25) is 0 Å². The zero-order valence-electron chi connectivity index (χ0n) is 7.41. The first-order chi connectivity index (χ1) is 6.40. The van der Waals surface area contributed by atoms with E-state index >= 15 is 0 Å². The molecule has 0 bridgehead atoms. The van der Waals surface area contributed by atoms with E-state index < -0.39 is 0 Å². The van der Waals surface area contributed by atoms with E-state index in [1.807, 2.05) is 11.8 Å². The van der Waals surface area contributed by atoms with Crippen molar-refractivity contribution in [2.45, 2.75) is 5.25 Å². The molecule has 2 aliphatic heterocycles. The number of aliphatic imine (C=N–C) groups is 1. The molecule has 3 nitrogen and oxygen atoms in total. The van der Waals surface area contributed by atoms with Crippen molar-refractivity contribution in [2.24, 2.45) is 4.99 Å². The minimum absolute atomic E-state index is 0.637. The fourth-order valence-electron chi connectivity index (χ4n) is 1.41. The van der Waals surface area contributed by atoms with Gasteiger partial charge in [-0.3, -0.25) is 4.99 Å². The minimum atomic E-state index is 0.637. The fraction of sp³-hybridized carbons (Fsp3) is 0.875. The zero-order valence-corrected chi connectivity index (χ0v) is 9.81. The molecule has 0 aromatic heterocycles. The van der Waals surface area contributed by atoms with Crippen molar-refractivity contribution in [1.82, 2.24) is 4.90 Å². The van der Waals surface area contributed by atoms with E-state index in [1.165, 1.54) is 5.17 Å². The first-order valence-electron chi connectivity index (χ1n) is 4.50. The fourth-order valence-corrected chi connectivity index (χ4v) is 3.01. The van der Waals surface area contributed by atoms with Gasteiger partial charge >= 0.3 is 0 Å². The van der Waals surface area contributed by atoms with Crippen molar-refractivity contribution in [3.05, 3.63) is 0 Å². The van der Waals surface area contributed by atoms with E-state index in [9.17, 15) is 0 Å². The van der Waals surface area contributed by atoms with E-state index in [4.69, 9.17) is 4.74 Å². The van der Waals surface area contributed by atoms with Crippen LogP contribution >= 0.6 is 27.7 Å². The summed E-state index contributed by atoms with van der Waals surface area (Å²) in [6.07, 6.45) is 0. The summed E-state index contributed by atoms with van der Waals surface area (Å²) in [5.41, 5.74) is 0. The maximum Gasteiger partial charge on any atom is 0.159 e. The summed E-state index contributed by atoms with van der Waals surface area (Å²) < 4.78 is 5.30. The van der Waals surface area contributed by atoms with Gasteiger partial charge in [0.15, 0.2) is 5.17 Å². The van der Waals surface area contributed by atoms with Crippen molar-refractivity contribution in [3.8, 4) is 0 Å². The Morgan fingerprint density at radius 3 is 2.92 bits per heavy atom. The number of thioether (sulfide) groups is 1. The number of rotatable bonds is 1. The van der Waals surface area contributed by atoms with Crippen molar-refractivity contribution in [3.63, 3.8) is 0 Å². The highest BCUT2D eigenvalue weighted by molar-refractivity contribution is 9.09. The first kappa shape index (κ1) is 9.80. The van der Waals surface area contributed by atoms with Gasteiger partial charge in [0.1, 0.15) is 0 Å². The van der Waals surface area contributed by atoms with Crippen LogP contribution in [0, 0.1) is 0 Å². The Bertz CT molecular complexity index is 206. The summed E-state index contributed by atoms with van der Waals surface area (Å²) in [5, 5.41) is 2.89. The number of hydrogen-bond donors (Lipinski definition) is 0. The normalized spacial score (nSPS) is 29.2. The number of morpholine rings is 1. The highest BCUT2D eigenvalue weighted by Crippen LogP contribution is 2.25. The maximum absolute atomic E-state index is 5.30. The number of hydrogen-bond acceptors (Lipinski definition) is 4. The van der Waals surface area contributed by atoms with E-state index in [0.29, 0.717) is 5.25 Å². The Balaban J connectivity index is 1.87. The lowest BCUT2D eigenvalue weighted by Gasteiger charge is -2.28. The van der Waals surface area contributed by atoms with Gasteiger partial charge in [-0.15, -0.1) is 0 Å². The van der Waals surface area contributed by atoms with Crippen LogP contribution in [0.5, 0.6) is 0 Å². The number of halogens is 1. The standard InChI is InChI=1S/C8H13BrN2OS/c9-5-7-6-10-8(13-7)11-1-3-12-4-2-11/h7H,1-6H2. The third-order valence-corrected chi connectivity index (χ3v) is 4.61. The first-order valence-corrected chi connectivity index (χ1v) is 6.50. The summed E-state index contributed by atoms with van der Waals surface area (Å²) in [7, 11) is 0. The second kappa shape index (κ2) is 4.66. The third-order valence-electron chi connectivity index (χ3n) is 2.16. The van der Waals surface area contributed by atoms with Crippen LogP contribution in [-0.4, -0.2) is 53.5 Å². The van der Waals surface area contributed by atoms with Crippen molar-refractivity contribution in [2.75, 3.05) is 38.2 Å². The number of nitrogens with zero attached hydrogens (tertiary/aromatic N) is 2. The average Bonchev–Trinajstić information content (AvgIpc) is 2.67. The van der Waals surface area contributed by atoms with Crippen molar-refractivity contribution in [1.29, 1.82) is 0 Å². The van der Waals surface area contributed by atoms with Gasteiger partial charge in [-0.05, 0) is 0 Å². The Hall–Kier alpha value is 0.260. The van der Waals surface area contributed by atoms with Gasteiger partial charge in [0.25, 0.3) is 0 Å². The van der Waals surface area contributed by atoms with E-state index in [1.54, 1.807) is 0 Å². The van der Waals surface area contributed by atoms with Crippen LogP contribution in [0.15, 0.2) is 4.99 Å². The molecule has 74 valence electrons. The maximum atomic E-state index is 5.30. The van der Waals surface area contributed by atoms with Crippen LogP contribution in [0.1, 0.15) is 0 Å². The van der Waals surface area contributed by atoms with Crippen LogP contribution in [0.3, 0.4) is 0 Å². The van der Waals surface area contributed by atoms with Crippen molar-refractivity contribution < 1.29 is 4.74 Å². The third kappa shape index (κ3) is 2.39. The molecule has 2 heterocycles. The Morgan fingerprint density at radius 2 is 2.31 bits per heavy atom. The molecule has 2 aliphatic rings. The molecule has 0 saturated carbocycles. The Labute approximate surface area is 91.0 Å². The molecule has 0 N–H and O–H groups in total. The van der Waals surface area contributed by atoms with Gasteiger partial charge in [0, 0.05) is 23.7 Å². The summed E-state index contributed by atoms with van der Waals surface area (Å²) in [6.45, 7) is 4.65. The number of amidine groups is 1. The molecule has 0 aromatic rings. The van der Waals surface area contributed by atoms with Crippen LogP contribution in [-0.2, 0) is 4.74 Å². The second-order valence-corrected chi connectivity index (χ2v) is 5.03. The van der Waals surface area contributed by atoms with Gasteiger partial charge in [-0.1, -0.05) is 27.7 Å². The van der Waals surface area contributed by atoms with Gasteiger partial charge < -0.3 is 9.64 Å². The van der Waals surface area contributed by atoms with Gasteiger partial charge in [-0.25, -0.2) is 0 Å². The van der Waals surface area contributed by atoms with Gasteiger partial charge in [0.05, 0.1) is 19.8 Å². The average molecular weight is 265 g/mol. The summed E-state index contributed by atoms with van der Waals surface area (Å²) in [6, 6.07) is 0. The molecule has 13 heavy (non-hydrogen) atoms. The second-order valence-electron chi connectivity index (χ2n) is 3.12. The molecule has 1 saturated heterocycles. The molecule has 2 rings (SSSR count). The molecular weight excluding hydrogens is 252 g/mol. The highest BCUT2D eigenvalue weighted by atomic mass is 79.9. The summed E-state index contributed by atoms with van der Waals surface area (Å²) in [4.78, 5) is 6.86. The molecule has 0 aliphatic carbocycles. The Morgan fingerprint density at radius 1 is 1.54 bits per heavy atom. The zero-order chi connectivity index (χ0) is 9.10.